The number of benzene rings is 1. The molecule has 6 heteroatoms. The lowest BCUT2D eigenvalue weighted by Crippen LogP contribution is -2.22. The molecular formula is C15H14N2O3S. The quantitative estimate of drug-likeness (QED) is 0.832. The van der Waals surface area contributed by atoms with Crippen LogP contribution in [0.3, 0.4) is 0 Å². The Morgan fingerprint density at radius 3 is 2.90 bits per heavy atom. The van der Waals surface area contributed by atoms with Gasteiger partial charge in [0.05, 0.1) is 17.7 Å². The first-order valence-electron chi connectivity index (χ1n) is 6.24. The van der Waals surface area contributed by atoms with Gasteiger partial charge in [-0.05, 0) is 30.7 Å². The number of nitrogens with one attached hydrogen (secondary N) is 1. The summed E-state index contributed by atoms with van der Waals surface area (Å²) in [5.74, 6) is -1.22. The Morgan fingerprint density at radius 1 is 1.43 bits per heavy atom. The number of aryl methyl sites for hydroxylation is 1. The van der Waals surface area contributed by atoms with Crippen LogP contribution in [0.5, 0.6) is 0 Å². The number of carboxylic acids is 1. The minimum atomic E-state index is -1.02. The molecule has 2 N–H and O–H groups in total. The number of amides is 1. The van der Waals surface area contributed by atoms with Gasteiger partial charge >= 0.3 is 5.97 Å². The molecule has 1 amide bonds. The van der Waals surface area contributed by atoms with Gasteiger partial charge in [0.15, 0.2) is 0 Å². The maximum Gasteiger partial charge on any atom is 0.328 e. The van der Waals surface area contributed by atoms with Crippen molar-refractivity contribution in [3.05, 3.63) is 57.6 Å². The van der Waals surface area contributed by atoms with Crippen molar-refractivity contribution in [2.75, 3.05) is 0 Å². The van der Waals surface area contributed by atoms with Crippen LogP contribution in [0, 0.1) is 6.92 Å². The lowest BCUT2D eigenvalue weighted by atomic mass is 10.1. The van der Waals surface area contributed by atoms with Gasteiger partial charge < -0.3 is 10.4 Å². The molecule has 0 aliphatic rings. The molecule has 0 bridgehead atoms. The van der Waals surface area contributed by atoms with Gasteiger partial charge in [-0.2, -0.15) is 0 Å². The fraction of sp³-hybridized carbons (Fsp3) is 0.133. The number of nitrogens with zero attached hydrogens (tertiary/aromatic N) is 1. The molecule has 0 saturated carbocycles. The van der Waals surface area contributed by atoms with Gasteiger partial charge in [0.1, 0.15) is 0 Å². The van der Waals surface area contributed by atoms with Crippen LogP contribution in [-0.4, -0.2) is 22.0 Å². The number of hydrogen-bond donors (Lipinski definition) is 2. The zero-order valence-corrected chi connectivity index (χ0v) is 12.2. The zero-order valence-electron chi connectivity index (χ0n) is 11.4. The first-order chi connectivity index (χ1) is 10.1. The number of carbonyl (C=O) groups excluding carboxylic acids is 1. The Hall–Kier alpha value is -2.47. The molecular weight excluding hydrogens is 288 g/mol. The number of aromatic nitrogens is 1. The Balaban J connectivity index is 2.04. The highest BCUT2D eigenvalue weighted by Crippen LogP contribution is 2.12. The molecule has 0 aliphatic carbocycles. The van der Waals surface area contributed by atoms with Gasteiger partial charge in [-0.1, -0.05) is 12.1 Å². The van der Waals surface area contributed by atoms with Crippen LogP contribution in [-0.2, 0) is 11.3 Å². The van der Waals surface area contributed by atoms with Crippen molar-refractivity contribution in [3.63, 3.8) is 0 Å². The monoisotopic (exact) mass is 302 g/mol. The summed E-state index contributed by atoms with van der Waals surface area (Å²) in [6.07, 6.45) is 2.49. The van der Waals surface area contributed by atoms with E-state index in [0.717, 1.165) is 16.6 Å². The molecule has 2 aromatic rings. The van der Waals surface area contributed by atoms with E-state index in [-0.39, 0.29) is 5.91 Å². The van der Waals surface area contributed by atoms with Crippen LogP contribution >= 0.6 is 11.3 Å². The van der Waals surface area contributed by atoms with Crippen molar-refractivity contribution in [1.82, 2.24) is 10.3 Å². The number of hydrogen-bond acceptors (Lipinski definition) is 4. The minimum absolute atomic E-state index is 0.201. The topological polar surface area (TPSA) is 79.3 Å². The third-order valence-corrected chi connectivity index (χ3v) is 3.76. The third-order valence-electron chi connectivity index (χ3n) is 2.82. The predicted molar refractivity (Wildman–Crippen MR) is 81.1 cm³/mol. The fourth-order valence-electron chi connectivity index (χ4n) is 1.71. The Morgan fingerprint density at radius 2 is 2.24 bits per heavy atom. The fourth-order valence-corrected chi connectivity index (χ4v) is 2.43. The molecule has 0 saturated heterocycles. The summed E-state index contributed by atoms with van der Waals surface area (Å²) in [6.45, 7) is 2.33. The predicted octanol–water partition coefficient (Wildman–Crippen LogP) is 2.48. The molecule has 2 rings (SSSR count). The van der Waals surface area contributed by atoms with E-state index in [4.69, 9.17) is 5.11 Å². The van der Waals surface area contributed by atoms with E-state index in [0.29, 0.717) is 17.7 Å². The van der Waals surface area contributed by atoms with Crippen LogP contribution in [0.1, 0.15) is 26.5 Å². The minimum Gasteiger partial charge on any atom is -0.478 e. The van der Waals surface area contributed by atoms with E-state index in [2.05, 4.69) is 10.3 Å². The van der Waals surface area contributed by atoms with Gasteiger partial charge in [-0.3, -0.25) is 4.79 Å². The van der Waals surface area contributed by atoms with E-state index in [9.17, 15) is 9.59 Å². The Kier molecular flexibility index (Phi) is 4.84. The molecule has 5 nitrogen and oxygen atoms in total. The number of aliphatic carboxylic acids is 1. The average molecular weight is 302 g/mol. The van der Waals surface area contributed by atoms with Crippen LogP contribution in [0.25, 0.3) is 6.08 Å². The van der Waals surface area contributed by atoms with Crippen molar-refractivity contribution < 1.29 is 14.7 Å². The second-order valence-electron chi connectivity index (χ2n) is 4.34. The summed E-state index contributed by atoms with van der Waals surface area (Å²) in [5, 5.41) is 11.4. The van der Waals surface area contributed by atoms with Crippen molar-refractivity contribution in [3.8, 4) is 0 Å². The SMILES string of the molecule is Cc1ncsc1CNC(=O)c1cccc(C=CC(=O)O)c1. The molecule has 0 spiro atoms. The number of carboxylic acid groups (broad SMARTS) is 1. The third kappa shape index (κ3) is 4.25. The summed E-state index contributed by atoms with van der Waals surface area (Å²) >= 11 is 1.50. The van der Waals surface area contributed by atoms with Crippen molar-refractivity contribution in [2.24, 2.45) is 0 Å². The highest BCUT2D eigenvalue weighted by atomic mass is 32.1. The van der Waals surface area contributed by atoms with Crippen molar-refractivity contribution >= 4 is 29.3 Å². The first-order valence-corrected chi connectivity index (χ1v) is 7.12. The normalized spacial score (nSPS) is 10.7. The lowest BCUT2D eigenvalue weighted by molar-refractivity contribution is -0.131. The van der Waals surface area contributed by atoms with E-state index >= 15 is 0 Å². The van der Waals surface area contributed by atoms with Gasteiger partial charge in [-0.25, -0.2) is 9.78 Å². The molecule has 0 aliphatic heterocycles. The molecule has 108 valence electrons. The Labute approximate surface area is 126 Å². The molecule has 21 heavy (non-hydrogen) atoms. The summed E-state index contributed by atoms with van der Waals surface area (Å²) < 4.78 is 0. The van der Waals surface area contributed by atoms with E-state index < -0.39 is 5.97 Å². The largest absolute Gasteiger partial charge is 0.478 e. The van der Waals surface area contributed by atoms with Crippen molar-refractivity contribution in [2.45, 2.75) is 13.5 Å². The van der Waals surface area contributed by atoms with E-state index in [1.54, 1.807) is 29.8 Å². The van der Waals surface area contributed by atoms with Gasteiger partial charge in [0.2, 0.25) is 0 Å². The maximum absolute atomic E-state index is 12.1. The lowest BCUT2D eigenvalue weighted by Gasteiger charge is -2.05. The van der Waals surface area contributed by atoms with Gasteiger partial charge in [-0.15, -0.1) is 11.3 Å². The maximum atomic E-state index is 12.1. The average Bonchev–Trinajstić information content (AvgIpc) is 2.88. The van der Waals surface area contributed by atoms with E-state index in [1.165, 1.54) is 17.4 Å². The molecule has 1 heterocycles. The molecule has 1 aromatic carbocycles. The van der Waals surface area contributed by atoms with Crippen molar-refractivity contribution in [1.29, 1.82) is 0 Å². The molecule has 0 fully saturated rings. The number of thiazole rings is 1. The molecule has 0 unspecified atom stereocenters. The summed E-state index contributed by atoms with van der Waals surface area (Å²) in [7, 11) is 0. The van der Waals surface area contributed by atoms with Gasteiger partial charge in [0, 0.05) is 16.5 Å². The van der Waals surface area contributed by atoms with Crippen LogP contribution < -0.4 is 5.32 Å². The van der Waals surface area contributed by atoms with Crippen LogP contribution in [0.2, 0.25) is 0 Å². The zero-order chi connectivity index (χ0) is 15.2. The smallest absolute Gasteiger partial charge is 0.328 e. The second kappa shape index (κ2) is 6.81. The molecule has 0 atom stereocenters. The van der Waals surface area contributed by atoms with Crippen LogP contribution in [0.15, 0.2) is 35.9 Å². The second-order valence-corrected chi connectivity index (χ2v) is 5.28. The highest BCUT2D eigenvalue weighted by molar-refractivity contribution is 7.09. The van der Waals surface area contributed by atoms with Crippen LogP contribution in [0.4, 0.5) is 0 Å². The summed E-state index contributed by atoms with van der Waals surface area (Å²) in [6, 6.07) is 6.79. The molecule has 1 aromatic heterocycles. The number of carbonyl (C=O) groups is 2. The standard InChI is InChI=1S/C15H14N2O3S/c1-10-13(21-9-17-10)8-16-15(20)12-4-2-3-11(7-12)5-6-14(18)19/h2-7,9H,8H2,1H3,(H,16,20)(H,18,19). The Bertz CT molecular complexity index is 692. The summed E-state index contributed by atoms with van der Waals surface area (Å²) in [5.41, 5.74) is 3.82. The van der Waals surface area contributed by atoms with Gasteiger partial charge in [0.25, 0.3) is 5.91 Å². The summed E-state index contributed by atoms with van der Waals surface area (Å²) in [4.78, 5) is 27.7. The first kappa shape index (κ1) is 14.9. The van der Waals surface area contributed by atoms with E-state index in [1.807, 2.05) is 6.92 Å². The highest BCUT2D eigenvalue weighted by Gasteiger charge is 2.07. The number of rotatable bonds is 5. The molecule has 0 radical (unpaired) electrons.